The van der Waals surface area contributed by atoms with E-state index in [0.29, 0.717) is 69.0 Å². The highest BCUT2D eigenvalue weighted by atomic mass is 32.1. The number of amides is 3. The van der Waals surface area contributed by atoms with Crippen LogP contribution in [0.15, 0.2) is 35.7 Å². The summed E-state index contributed by atoms with van der Waals surface area (Å²) in [6, 6.07) is 9.09. The van der Waals surface area contributed by atoms with Gasteiger partial charge in [-0.3, -0.25) is 14.4 Å². The normalized spacial score (nSPS) is 18.9. The number of fused-ring (bicyclic) bond motifs is 1. The Morgan fingerprint density at radius 3 is 2.30 bits per heavy atom. The van der Waals surface area contributed by atoms with Crippen molar-refractivity contribution in [1.82, 2.24) is 9.80 Å². The largest absolute Gasteiger partial charge is 0.454 e. The molecule has 0 saturated carbocycles. The van der Waals surface area contributed by atoms with Gasteiger partial charge in [0.25, 0.3) is 5.91 Å². The molecule has 2 aromatic rings. The summed E-state index contributed by atoms with van der Waals surface area (Å²) in [7, 11) is 0. The molecule has 3 aliphatic heterocycles. The molecule has 0 unspecified atom stereocenters. The number of carbonyl (C=O) groups excluding carboxylic acids is 3. The number of nitrogens with one attached hydrogen (secondary N) is 1. The van der Waals surface area contributed by atoms with E-state index in [1.54, 1.807) is 18.2 Å². The molecule has 1 N–H and O–H groups in total. The summed E-state index contributed by atoms with van der Waals surface area (Å²) >= 11 is 1.45. The molecule has 5 rings (SSSR count). The lowest BCUT2D eigenvalue weighted by atomic mass is 9.91. The predicted molar refractivity (Wildman–Crippen MR) is 123 cm³/mol. The summed E-state index contributed by atoms with van der Waals surface area (Å²) in [5, 5.41) is 4.87. The fraction of sp³-hybridized carbons (Fsp3) is 0.458. The lowest BCUT2D eigenvalue weighted by molar-refractivity contribution is -0.139. The number of hydrogen-bond acceptors (Lipinski definition) is 6. The van der Waals surface area contributed by atoms with E-state index in [2.05, 4.69) is 5.32 Å². The van der Waals surface area contributed by atoms with Crippen LogP contribution in [0.5, 0.6) is 11.5 Å². The molecule has 33 heavy (non-hydrogen) atoms. The molecule has 2 saturated heterocycles. The molecule has 3 aliphatic rings. The van der Waals surface area contributed by atoms with E-state index < -0.39 is 0 Å². The Labute approximate surface area is 196 Å². The van der Waals surface area contributed by atoms with Crippen LogP contribution in [-0.4, -0.2) is 60.5 Å². The standard InChI is InChI=1S/C24H27N3O5S/c28-22(25-18-3-4-19-20(14-18)32-15-31-19)16-5-9-26(10-6-16)23(29)17-7-11-27(12-8-17)24(30)21-2-1-13-33-21/h1-4,13-14,16-17H,5-12,15H2,(H,25,28). The Kier molecular flexibility index (Phi) is 6.22. The number of carbonyl (C=O) groups is 3. The Morgan fingerprint density at radius 1 is 0.879 bits per heavy atom. The number of thiophene rings is 1. The highest BCUT2D eigenvalue weighted by Crippen LogP contribution is 2.34. The maximum Gasteiger partial charge on any atom is 0.263 e. The summed E-state index contributed by atoms with van der Waals surface area (Å²) in [6.45, 7) is 2.60. The highest BCUT2D eigenvalue weighted by molar-refractivity contribution is 7.12. The fourth-order valence-electron chi connectivity index (χ4n) is 4.72. The summed E-state index contributed by atoms with van der Waals surface area (Å²) in [6.07, 6.45) is 2.69. The zero-order valence-electron chi connectivity index (χ0n) is 18.3. The van der Waals surface area contributed by atoms with Crippen molar-refractivity contribution in [3.63, 3.8) is 0 Å². The van der Waals surface area contributed by atoms with E-state index >= 15 is 0 Å². The first kappa shape index (κ1) is 21.8. The molecule has 1 aromatic heterocycles. The SMILES string of the molecule is O=C(Nc1ccc2c(c1)OCO2)C1CCN(C(=O)C2CCN(C(=O)c3cccs3)CC2)CC1. The zero-order chi connectivity index (χ0) is 22.8. The van der Waals surface area contributed by atoms with E-state index in [1.807, 2.05) is 27.3 Å². The zero-order valence-corrected chi connectivity index (χ0v) is 19.1. The molecule has 2 fully saturated rings. The van der Waals surface area contributed by atoms with Gasteiger partial charge in [-0.25, -0.2) is 0 Å². The number of likely N-dealkylation sites (tertiary alicyclic amines) is 2. The van der Waals surface area contributed by atoms with Crippen molar-refractivity contribution in [1.29, 1.82) is 0 Å². The van der Waals surface area contributed by atoms with Crippen molar-refractivity contribution in [2.45, 2.75) is 25.7 Å². The van der Waals surface area contributed by atoms with Crippen LogP contribution in [0.3, 0.4) is 0 Å². The molecule has 0 radical (unpaired) electrons. The van der Waals surface area contributed by atoms with Crippen molar-refractivity contribution in [2.24, 2.45) is 11.8 Å². The average molecular weight is 470 g/mol. The van der Waals surface area contributed by atoms with Gasteiger partial charge in [0.2, 0.25) is 18.6 Å². The van der Waals surface area contributed by atoms with E-state index in [9.17, 15) is 14.4 Å². The Bertz CT molecular complexity index is 1020. The van der Waals surface area contributed by atoms with Crippen LogP contribution in [0.1, 0.15) is 35.4 Å². The Morgan fingerprint density at radius 2 is 1.58 bits per heavy atom. The fourth-order valence-corrected chi connectivity index (χ4v) is 5.42. The predicted octanol–water partition coefficient (Wildman–Crippen LogP) is 3.21. The van der Waals surface area contributed by atoms with Crippen LogP contribution in [0.25, 0.3) is 0 Å². The molecular weight excluding hydrogens is 442 g/mol. The maximum absolute atomic E-state index is 13.0. The third-order valence-corrected chi connectivity index (χ3v) is 7.54. The quantitative estimate of drug-likeness (QED) is 0.743. The van der Waals surface area contributed by atoms with Crippen LogP contribution in [0, 0.1) is 11.8 Å². The number of hydrogen-bond donors (Lipinski definition) is 1. The molecule has 174 valence electrons. The molecule has 0 aliphatic carbocycles. The van der Waals surface area contributed by atoms with Gasteiger partial charge >= 0.3 is 0 Å². The van der Waals surface area contributed by atoms with Crippen molar-refractivity contribution in [2.75, 3.05) is 38.3 Å². The molecule has 4 heterocycles. The molecular formula is C24H27N3O5S. The lowest BCUT2D eigenvalue weighted by Gasteiger charge is -2.37. The molecule has 0 bridgehead atoms. The van der Waals surface area contributed by atoms with Crippen LogP contribution >= 0.6 is 11.3 Å². The minimum atomic E-state index is -0.121. The Hall–Kier alpha value is -3.07. The summed E-state index contributed by atoms with van der Waals surface area (Å²) in [4.78, 5) is 42.8. The molecule has 8 nitrogen and oxygen atoms in total. The highest BCUT2D eigenvalue weighted by Gasteiger charge is 2.34. The molecule has 0 atom stereocenters. The van der Waals surface area contributed by atoms with Crippen molar-refractivity contribution < 1.29 is 23.9 Å². The monoisotopic (exact) mass is 469 g/mol. The number of rotatable bonds is 4. The van der Waals surface area contributed by atoms with Gasteiger partial charge < -0.3 is 24.6 Å². The van der Waals surface area contributed by atoms with Gasteiger partial charge in [0, 0.05) is 49.8 Å². The van der Waals surface area contributed by atoms with E-state index in [0.717, 1.165) is 4.88 Å². The topological polar surface area (TPSA) is 88.2 Å². The summed E-state index contributed by atoms with van der Waals surface area (Å²) in [5.74, 6) is 1.35. The number of benzene rings is 1. The van der Waals surface area contributed by atoms with E-state index in [-0.39, 0.29) is 36.4 Å². The first-order valence-electron chi connectivity index (χ1n) is 11.4. The number of nitrogens with zero attached hydrogens (tertiary/aromatic N) is 2. The molecule has 3 amide bonds. The van der Waals surface area contributed by atoms with Crippen molar-refractivity contribution in [3.05, 3.63) is 40.6 Å². The van der Waals surface area contributed by atoms with Gasteiger partial charge in [0.15, 0.2) is 11.5 Å². The van der Waals surface area contributed by atoms with Crippen LogP contribution in [-0.2, 0) is 9.59 Å². The third kappa shape index (κ3) is 4.68. The van der Waals surface area contributed by atoms with E-state index in [4.69, 9.17) is 9.47 Å². The second-order valence-corrected chi connectivity index (χ2v) is 9.65. The van der Waals surface area contributed by atoms with Gasteiger partial charge in [-0.2, -0.15) is 0 Å². The van der Waals surface area contributed by atoms with E-state index in [1.165, 1.54) is 11.3 Å². The van der Waals surface area contributed by atoms with Gasteiger partial charge in [0.1, 0.15) is 0 Å². The number of ether oxygens (including phenoxy) is 2. The first-order valence-corrected chi connectivity index (χ1v) is 12.3. The number of piperidine rings is 2. The molecule has 0 spiro atoms. The second-order valence-electron chi connectivity index (χ2n) is 8.70. The summed E-state index contributed by atoms with van der Waals surface area (Å²) in [5.41, 5.74) is 0.687. The lowest BCUT2D eigenvalue weighted by Crippen LogP contribution is -2.47. The summed E-state index contributed by atoms with van der Waals surface area (Å²) < 4.78 is 10.7. The first-order chi connectivity index (χ1) is 16.1. The third-order valence-electron chi connectivity index (χ3n) is 6.68. The van der Waals surface area contributed by atoms with Crippen LogP contribution in [0.2, 0.25) is 0 Å². The molecule has 9 heteroatoms. The minimum Gasteiger partial charge on any atom is -0.454 e. The smallest absolute Gasteiger partial charge is 0.263 e. The van der Waals surface area contributed by atoms with Crippen LogP contribution in [0.4, 0.5) is 5.69 Å². The van der Waals surface area contributed by atoms with Gasteiger partial charge in [-0.15, -0.1) is 11.3 Å². The van der Waals surface area contributed by atoms with Gasteiger partial charge in [-0.05, 0) is 49.3 Å². The second kappa shape index (κ2) is 9.43. The van der Waals surface area contributed by atoms with Gasteiger partial charge in [-0.1, -0.05) is 6.07 Å². The molecule has 1 aromatic carbocycles. The van der Waals surface area contributed by atoms with Gasteiger partial charge in [0.05, 0.1) is 4.88 Å². The Balaban J connectivity index is 1.08. The number of anilines is 1. The minimum absolute atomic E-state index is 0.0265. The van der Waals surface area contributed by atoms with Crippen molar-refractivity contribution >= 4 is 34.7 Å². The van der Waals surface area contributed by atoms with Crippen LogP contribution < -0.4 is 14.8 Å². The van der Waals surface area contributed by atoms with Crippen molar-refractivity contribution in [3.8, 4) is 11.5 Å². The average Bonchev–Trinajstić information content (AvgIpc) is 3.55. The maximum atomic E-state index is 13.0.